The minimum atomic E-state index is -4.37. The smallest absolute Gasteiger partial charge is 0.416 e. The van der Waals surface area contributed by atoms with Gasteiger partial charge in [-0.05, 0) is 29.8 Å². The maximum atomic E-state index is 12.7. The van der Waals surface area contributed by atoms with E-state index in [1.807, 2.05) is 12.1 Å². The number of alkyl halides is 3. The van der Waals surface area contributed by atoms with Gasteiger partial charge >= 0.3 is 6.18 Å². The molecule has 0 aliphatic rings. The molecule has 8 heteroatoms. The highest BCUT2D eigenvalue weighted by molar-refractivity contribution is 9.10. The van der Waals surface area contributed by atoms with E-state index in [0.717, 1.165) is 16.6 Å². The highest BCUT2D eigenvalue weighted by atomic mass is 79.9. The van der Waals surface area contributed by atoms with Gasteiger partial charge in [0.15, 0.2) is 0 Å². The molecule has 0 saturated carbocycles. The number of benzene rings is 2. The summed E-state index contributed by atoms with van der Waals surface area (Å²) >= 11 is 3.33. The average Bonchev–Trinajstić information content (AvgIpc) is 2.59. The SMILES string of the molecule is N[C@@H](COc1cccc(Br)c1)[C@H](O)CNCc1cccc(C(F)(F)F)c1. The van der Waals surface area contributed by atoms with Crippen LogP contribution in [0, 0.1) is 0 Å². The van der Waals surface area contributed by atoms with Crippen molar-refractivity contribution in [2.75, 3.05) is 13.2 Å². The molecular weight excluding hydrogens is 413 g/mol. The zero-order valence-corrected chi connectivity index (χ0v) is 15.4. The van der Waals surface area contributed by atoms with E-state index >= 15 is 0 Å². The zero-order chi connectivity index (χ0) is 19.2. The molecule has 2 rings (SSSR count). The number of halogens is 4. The Morgan fingerprint density at radius 3 is 2.58 bits per heavy atom. The van der Waals surface area contributed by atoms with Crippen LogP contribution in [0.2, 0.25) is 0 Å². The Labute approximate surface area is 158 Å². The van der Waals surface area contributed by atoms with E-state index in [9.17, 15) is 18.3 Å². The summed E-state index contributed by atoms with van der Waals surface area (Å²) in [5, 5.41) is 13.0. The Bertz CT molecular complexity index is 713. The van der Waals surface area contributed by atoms with E-state index in [0.29, 0.717) is 11.3 Å². The van der Waals surface area contributed by atoms with Gasteiger partial charge in [-0.3, -0.25) is 0 Å². The van der Waals surface area contributed by atoms with Gasteiger partial charge in [0.25, 0.3) is 0 Å². The predicted octanol–water partition coefficient (Wildman–Crippen LogP) is 3.32. The molecule has 2 aromatic carbocycles. The van der Waals surface area contributed by atoms with E-state index in [-0.39, 0.29) is 19.7 Å². The van der Waals surface area contributed by atoms with Gasteiger partial charge in [-0.2, -0.15) is 13.2 Å². The van der Waals surface area contributed by atoms with E-state index in [1.54, 1.807) is 18.2 Å². The summed E-state index contributed by atoms with van der Waals surface area (Å²) in [7, 11) is 0. The van der Waals surface area contributed by atoms with Crippen LogP contribution < -0.4 is 15.8 Å². The second kappa shape index (κ2) is 9.36. The van der Waals surface area contributed by atoms with Crippen LogP contribution >= 0.6 is 15.9 Å². The van der Waals surface area contributed by atoms with Gasteiger partial charge in [-0.1, -0.05) is 40.2 Å². The van der Waals surface area contributed by atoms with Crippen LogP contribution in [0.1, 0.15) is 11.1 Å². The normalized spacial score (nSPS) is 14.1. The first-order valence-corrected chi connectivity index (χ1v) is 8.74. The average molecular weight is 433 g/mol. The van der Waals surface area contributed by atoms with Gasteiger partial charge in [0, 0.05) is 17.6 Å². The Hall–Kier alpha value is -1.61. The maximum Gasteiger partial charge on any atom is 0.416 e. The van der Waals surface area contributed by atoms with Crippen LogP contribution in [0.5, 0.6) is 5.75 Å². The highest BCUT2D eigenvalue weighted by Gasteiger charge is 2.30. The maximum absolute atomic E-state index is 12.7. The molecule has 0 spiro atoms. The Morgan fingerprint density at radius 2 is 1.88 bits per heavy atom. The van der Waals surface area contributed by atoms with E-state index in [1.165, 1.54) is 6.07 Å². The van der Waals surface area contributed by atoms with E-state index < -0.39 is 23.9 Å². The minimum absolute atomic E-state index is 0.114. The number of aliphatic hydroxyl groups is 1. The van der Waals surface area contributed by atoms with Crippen LogP contribution in [-0.2, 0) is 12.7 Å². The molecule has 0 bridgehead atoms. The van der Waals surface area contributed by atoms with Crippen LogP contribution in [-0.4, -0.2) is 30.4 Å². The lowest BCUT2D eigenvalue weighted by atomic mass is 10.1. The standard InChI is InChI=1S/C18H20BrF3N2O2/c19-14-5-2-6-15(8-14)26-11-16(23)17(25)10-24-9-12-3-1-4-13(7-12)18(20,21)22/h1-8,16-17,24-25H,9-11,23H2/t16-,17+/m0/s1. The first-order valence-electron chi connectivity index (χ1n) is 7.94. The summed E-state index contributed by atoms with van der Waals surface area (Å²) in [6.45, 7) is 0.447. The third-order valence-electron chi connectivity index (χ3n) is 3.67. The molecule has 0 radical (unpaired) electrons. The highest BCUT2D eigenvalue weighted by Crippen LogP contribution is 2.29. The molecule has 2 aromatic rings. The molecule has 0 amide bonds. The molecule has 0 aliphatic carbocycles. The Kier molecular flexibility index (Phi) is 7.45. The molecule has 0 fully saturated rings. The van der Waals surface area contributed by atoms with Crippen molar-refractivity contribution in [1.82, 2.24) is 5.32 Å². The predicted molar refractivity (Wildman–Crippen MR) is 96.8 cm³/mol. The molecule has 4 N–H and O–H groups in total. The van der Waals surface area contributed by atoms with E-state index in [2.05, 4.69) is 21.2 Å². The van der Waals surface area contributed by atoms with Gasteiger partial charge in [0.05, 0.1) is 17.7 Å². The molecule has 142 valence electrons. The molecule has 4 nitrogen and oxygen atoms in total. The molecule has 2 atom stereocenters. The molecule has 0 aliphatic heterocycles. The van der Waals surface area contributed by atoms with Gasteiger partial charge in [-0.15, -0.1) is 0 Å². The van der Waals surface area contributed by atoms with Crippen LogP contribution in [0.15, 0.2) is 53.0 Å². The number of rotatable bonds is 8. The number of hydrogen-bond donors (Lipinski definition) is 3. The third kappa shape index (κ3) is 6.60. The van der Waals surface area contributed by atoms with Gasteiger partial charge in [0.1, 0.15) is 12.4 Å². The largest absolute Gasteiger partial charge is 0.492 e. The minimum Gasteiger partial charge on any atom is -0.492 e. The Balaban J connectivity index is 1.76. The topological polar surface area (TPSA) is 67.5 Å². The van der Waals surface area contributed by atoms with Crippen molar-refractivity contribution in [2.45, 2.75) is 24.9 Å². The van der Waals surface area contributed by atoms with Crippen molar-refractivity contribution in [2.24, 2.45) is 5.73 Å². The fourth-order valence-corrected chi connectivity index (χ4v) is 2.61. The second-order valence-corrected chi connectivity index (χ2v) is 6.74. The lowest BCUT2D eigenvalue weighted by Gasteiger charge is -2.20. The number of nitrogens with two attached hydrogens (primary N) is 1. The van der Waals surface area contributed by atoms with Crippen molar-refractivity contribution in [3.8, 4) is 5.75 Å². The molecule has 0 saturated heterocycles. The van der Waals surface area contributed by atoms with Crippen molar-refractivity contribution in [1.29, 1.82) is 0 Å². The fourth-order valence-electron chi connectivity index (χ4n) is 2.23. The molecule has 0 unspecified atom stereocenters. The lowest BCUT2D eigenvalue weighted by Crippen LogP contribution is -2.45. The first-order chi connectivity index (χ1) is 12.3. The van der Waals surface area contributed by atoms with Crippen LogP contribution in [0.3, 0.4) is 0 Å². The van der Waals surface area contributed by atoms with Gasteiger partial charge < -0.3 is 20.9 Å². The number of ether oxygens (including phenoxy) is 1. The molecule has 0 aromatic heterocycles. The van der Waals surface area contributed by atoms with Crippen molar-refractivity contribution < 1.29 is 23.0 Å². The first kappa shape index (κ1) is 20.7. The summed E-state index contributed by atoms with van der Waals surface area (Å²) in [6, 6.07) is 11.6. The Morgan fingerprint density at radius 1 is 1.15 bits per heavy atom. The van der Waals surface area contributed by atoms with E-state index in [4.69, 9.17) is 10.5 Å². The third-order valence-corrected chi connectivity index (χ3v) is 4.16. The summed E-state index contributed by atoms with van der Waals surface area (Å²) in [6.07, 6.45) is -5.27. The summed E-state index contributed by atoms with van der Waals surface area (Å²) in [4.78, 5) is 0. The zero-order valence-electron chi connectivity index (χ0n) is 13.8. The fraction of sp³-hybridized carbons (Fsp3) is 0.333. The number of nitrogens with one attached hydrogen (secondary N) is 1. The summed E-state index contributed by atoms with van der Waals surface area (Å²) in [5.74, 6) is 0.624. The second-order valence-electron chi connectivity index (χ2n) is 5.83. The monoisotopic (exact) mass is 432 g/mol. The van der Waals surface area contributed by atoms with Crippen molar-refractivity contribution >= 4 is 15.9 Å². The van der Waals surface area contributed by atoms with Gasteiger partial charge in [-0.25, -0.2) is 0 Å². The van der Waals surface area contributed by atoms with Crippen molar-refractivity contribution in [3.63, 3.8) is 0 Å². The molecular formula is C18H20BrF3N2O2. The number of hydrogen-bond acceptors (Lipinski definition) is 4. The quantitative estimate of drug-likeness (QED) is 0.598. The summed E-state index contributed by atoms with van der Waals surface area (Å²) in [5.41, 5.74) is 5.67. The molecule has 26 heavy (non-hydrogen) atoms. The van der Waals surface area contributed by atoms with Crippen molar-refractivity contribution in [3.05, 3.63) is 64.1 Å². The van der Waals surface area contributed by atoms with Crippen LogP contribution in [0.4, 0.5) is 13.2 Å². The van der Waals surface area contributed by atoms with Crippen LogP contribution in [0.25, 0.3) is 0 Å². The van der Waals surface area contributed by atoms with Gasteiger partial charge in [0.2, 0.25) is 0 Å². The number of aliphatic hydroxyl groups excluding tert-OH is 1. The summed E-state index contributed by atoms with van der Waals surface area (Å²) < 4.78 is 44.4. The molecule has 0 heterocycles. The lowest BCUT2D eigenvalue weighted by molar-refractivity contribution is -0.137.